The van der Waals surface area contributed by atoms with Crippen LogP contribution in [0.3, 0.4) is 0 Å². The summed E-state index contributed by atoms with van der Waals surface area (Å²) in [7, 11) is 0. The average molecular weight is 332 g/mol. The van der Waals surface area contributed by atoms with Crippen molar-refractivity contribution < 1.29 is 5.11 Å². The Kier molecular flexibility index (Phi) is 4.57. The zero-order valence-corrected chi connectivity index (χ0v) is 14.2. The molecule has 1 aromatic carbocycles. The van der Waals surface area contributed by atoms with Crippen molar-refractivity contribution >= 4 is 22.8 Å². The number of aliphatic hydroxyl groups is 1. The van der Waals surface area contributed by atoms with Crippen LogP contribution in [0.25, 0.3) is 11.0 Å². The highest BCUT2D eigenvalue weighted by Crippen LogP contribution is 2.34. The van der Waals surface area contributed by atoms with Crippen molar-refractivity contribution in [2.45, 2.75) is 23.4 Å². The molecule has 0 spiro atoms. The molecule has 1 saturated heterocycles. The topological polar surface area (TPSA) is 44.5 Å². The monoisotopic (exact) mass is 332 g/mol. The van der Waals surface area contributed by atoms with Crippen molar-refractivity contribution in [2.24, 2.45) is 0 Å². The summed E-state index contributed by atoms with van der Waals surface area (Å²) in [5, 5.41) is 10.9. The summed E-state index contributed by atoms with van der Waals surface area (Å²) >= 11 is 1.94. The molecule has 1 atom stereocenters. The van der Waals surface area contributed by atoms with Crippen LogP contribution >= 0.6 is 11.8 Å². The van der Waals surface area contributed by atoms with Crippen molar-refractivity contribution in [3.8, 4) is 0 Å². The van der Waals surface area contributed by atoms with E-state index in [1.54, 1.807) is 0 Å². The molecular weight excluding hydrogens is 308 g/mol. The molecule has 0 aliphatic carbocycles. The minimum Gasteiger partial charge on any atom is -0.395 e. The van der Waals surface area contributed by atoms with Gasteiger partial charge >= 0.3 is 0 Å². The van der Waals surface area contributed by atoms with Gasteiger partial charge in [-0.2, -0.15) is 0 Å². The first-order valence-electron chi connectivity index (χ1n) is 8.51. The fourth-order valence-electron chi connectivity index (χ4n) is 3.59. The summed E-state index contributed by atoms with van der Waals surface area (Å²) in [4.78, 5) is 9.73. The molecule has 23 heavy (non-hydrogen) atoms. The van der Waals surface area contributed by atoms with Crippen LogP contribution in [0.4, 0.5) is 0 Å². The fourth-order valence-corrected chi connectivity index (χ4v) is 4.87. The van der Waals surface area contributed by atoms with Crippen molar-refractivity contribution in [1.29, 1.82) is 0 Å². The summed E-state index contributed by atoms with van der Waals surface area (Å²) < 4.78 is 2.37. The van der Waals surface area contributed by atoms with Gasteiger partial charge in [0.1, 0.15) is 0 Å². The number of rotatable bonds is 4. The first-order valence-corrected chi connectivity index (χ1v) is 9.39. The van der Waals surface area contributed by atoms with Gasteiger partial charge in [-0.1, -0.05) is 23.9 Å². The van der Waals surface area contributed by atoms with Crippen LogP contribution in [0.2, 0.25) is 0 Å². The van der Waals surface area contributed by atoms with Crippen molar-refractivity contribution in [1.82, 2.24) is 19.4 Å². The maximum absolute atomic E-state index is 9.03. The van der Waals surface area contributed by atoms with Gasteiger partial charge in [-0.05, 0) is 18.6 Å². The summed E-state index contributed by atoms with van der Waals surface area (Å²) in [5.74, 6) is 0. The highest BCUT2D eigenvalue weighted by Gasteiger charge is 2.26. The Bertz CT molecular complexity index is 666. The van der Waals surface area contributed by atoms with Gasteiger partial charge in [0.25, 0.3) is 0 Å². The third-order valence-electron chi connectivity index (χ3n) is 4.91. The normalized spacial score (nSPS) is 23.3. The molecule has 124 valence electrons. The van der Waals surface area contributed by atoms with Crippen LogP contribution in [-0.2, 0) is 6.54 Å². The van der Waals surface area contributed by atoms with E-state index < -0.39 is 0 Å². The second-order valence-electron chi connectivity index (χ2n) is 6.43. The van der Waals surface area contributed by atoms with E-state index in [4.69, 9.17) is 10.1 Å². The smallest absolute Gasteiger partial charge is 0.169 e. The SMILES string of the molecule is OCCN1CCN(CC2CCn3c(nc4ccccc43)S2)CC1. The van der Waals surface area contributed by atoms with Gasteiger partial charge in [-0.15, -0.1) is 0 Å². The largest absolute Gasteiger partial charge is 0.395 e. The van der Waals surface area contributed by atoms with Crippen molar-refractivity contribution in [3.63, 3.8) is 0 Å². The van der Waals surface area contributed by atoms with Crippen LogP contribution in [0.15, 0.2) is 29.4 Å². The number of fused-ring (bicyclic) bond motifs is 3. The predicted octanol–water partition coefficient (Wildman–Crippen LogP) is 1.51. The number of nitrogens with zero attached hydrogens (tertiary/aromatic N) is 4. The number of benzene rings is 1. The summed E-state index contributed by atoms with van der Waals surface area (Å²) in [5.41, 5.74) is 2.39. The lowest BCUT2D eigenvalue weighted by Crippen LogP contribution is -2.49. The highest BCUT2D eigenvalue weighted by molar-refractivity contribution is 7.99. The molecule has 6 heteroatoms. The van der Waals surface area contributed by atoms with E-state index in [0.717, 1.165) is 51.3 Å². The lowest BCUT2D eigenvalue weighted by atomic mass is 10.2. The Morgan fingerprint density at radius 3 is 2.70 bits per heavy atom. The van der Waals surface area contributed by atoms with Gasteiger partial charge in [0.2, 0.25) is 0 Å². The number of aromatic nitrogens is 2. The van der Waals surface area contributed by atoms with E-state index in [2.05, 4.69) is 38.6 Å². The third-order valence-corrected chi connectivity index (χ3v) is 6.15. The molecule has 1 N–H and O–H groups in total. The van der Waals surface area contributed by atoms with Crippen LogP contribution < -0.4 is 0 Å². The molecule has 1 unspecified atom stereocenters. The molecule has 2 aliphatic rings. The van der Waals surface area contributed by atoms with Gasteiger partial charge in [0.05, 0.1) is 17.6 Å². The van der Waals surface area contributed by atoms with E-state index >= 15 is 0 Å². The van der Waals surface area contributed by atoms with Gasteiger partial charge in [0.15, 0.2) is 5.16 Å². The maximum atomic E-state index is 9.03. The van der Waals surface area contributed by atoms with Crippen LogP contribution in [-0.4, -0.2) is 75.6 Å². The Hall–Kier alpha value is -1.08. The maximum Gasteiger partial charge on any atom is 0.169 e. The first kappa shape index (κ1) is 15.4. The summed E-state index contributed by atoms with van der Waals surface area (Å²) in [6.07, 6.45) is 1.22. The molecule has 0 radical (unpaired) electrons. The van der Waals surface area contributed by atoms with E-state index in [1.807, 2.05) is 11.8 Å². The Morgan fingerprint density at radius 2 is 1.87 bits per heavy atom. The number of hydrogen-bond donors (Lipinski definition) is 1. The average Bonchev–Trinajstić information content (AvgIpc) is 2.94. The van der Waals surface area contributed by atoms with Crippen LogP contribution in [0.5, 0.6) is 0 Å². The first-order chi connectivity index (χ1) is 11.3. The molecule has 3 heterocycles. The lowest BCUT2D eigenvalue weighted by molar-refractivity contribution is 0.112. The Balaban J connectivity index is 1.37. The van der Waals surface area contributed by atoms with Gasteiger partial charge < -0.3 is 9.67 Å². The molecule has 4 rings (SSSR count). The molecule has 0 saturated carbocycles. The number of piperazine rings is 1. The predicted molar refractivity (Wildman–Crippen MR) is 94.0 cm³/mol. The minimum absolute atomic E-state index is 0.273. The van der Waals surface area contributed by atoms with Gasteiger partial charge in [-0.25, -0.2) is 4.98 Å². The number of aliphatic hydroxyl groups excluding tert-OH is 1. The molecule has 2 aliphatic heterocycles. The molecule has 0 amide bonds. The number of imidazole rings is 1. The van der Waals surface area contributed by atoms with Gasteiger partial charge in [0, 0.05) is 51.1 Å². The Morgan fingerprint density at radius 1 is 1.09 bits per heavy atom. The summed E-state index contributed by atoms with van der Waals surface area (Å²) in [6, 6.07) is 8.44. The molecule has 0 bridgehead atoms. The fraction of sp³-hybridized carbons (Fsp3) is 0.588. The zero-order chi connectivity index (χ0) is 15.6. The van der Waals surface area contributed by atoms with E-state index in [-0.39, 0.29) is 6.61 Å². The number of para-hydroxylation sites is 2. The number of β-amino-alcohol motifs (C(OH)–C–C–N with tert-alkyl or cyclic N) is 1. The number of thioether (sulfide) groups is 1. The second kappa shape index (κ2) is 6.81. The van der Waals surface area contributed by atoms with Crippen molar-refractivity contribution in [3.05, 3.63) is 24.3 Å². The van der Waals surface area contributed by atoms with Crippen LogP contribution in [0.1, 0.15) is 6.42 Å². The van der Waals surface area contributed by atoms with E-state index in [0.29, 0.717) is 5.25 Å². The van der Waals surface area contributed by atoms with E-state index in [9.17, 15) is 0 Å². The quantitative estimate of drug-likeness (QED) is 0.919. The number of aryl methyl sites for hydroxylation is 1. The summed E-state index contributed by atoms with van der Waals surface area (Å²) in [6.45, 7) is 7.72. The molecular formula is C17H24N4OS. The Labute approximate surface area is 141 Å². The highest BCUT2D eigenvalue weighted by atomic mass is 32.2. The van der Waals surface area contributed by atoms with Crippen molar-refractivity contribution in [2.75, 3.05) is 45.9 Å². The minimum atomic E-state index is 0.273. The lowest BCUT2D eigenvalue weighted by Gasteiger charge is -2.36. The number of hydrogen-bond acceptors (Lipinski definition) is 5. The molecule has 1 fully saturated rings. The van der Waals surface area contributed by atoms with E-state index in [1.165, 1.54) is 17.1 Å². The standard InChI is InChI=1S/C17H24N4OS/c22-12-11-19-7-9-20(10-8-19)13-14-5-6-21-16-4-2-1-3-15(16)18-17(21)23-14/h1-4,14,22H,5-13H2. The molecule has 5 nitrogen and oxygen atoms in total. The second-order valence-corrected chi connectivity index (χ2v) is 7.70. The van der Waals surface area contributed by atoms with Gasteiger partial charge in [-0.3, -0.25) is 9.80 Å². The zero-order valence-electron chi connectivity index (χ0n) is 13.4. The van der Waals surface area contributed by atoms with Crippen LogP contribution in [0, 0.1) is 0 Å². The third kappa shape index (κ3) is 3.26. The molecule has 1 aromatic heterocycles. The molecule has 2 aromatic rings.